The molecule has 0 fully saturated rings. The molecule has 0 amide bonds. The minimum Gasteiger partial charge on any atom is -0.425 e. The topological polar surface area (TPSA) is 26.3 Å². The van der Waals surface area contributed by atoms with E-state index in [1.54, 1.807) is 12.1 Å². The third-order valence-electron chi connectivity index (χ3n) is 3.94. The standard InChI is InChI=1S/C18H10Cl2O2/c19-13-7-5-11(9-14(13)20)16-17-12-4-2-1-3-10(12)6-8-15(17)22-18(16)21/h1-9,16H. The molecule has 3 aromatic carbocycles. The average Bonchev–Trinajstić information content (AvgIpc) is 2.86. The van der Waals surface area contributed by atoms with Gasteiger partial charge >= 0.3 is 5.97 Å². The Morgan fingerprint density at radius 2 is 1.73 bits per heavy atom. The molecule has 1 unspecified atom stereocenters. The minimum absolute atomic E-state index is 0.287. The fourth-order valence-corrected chi connectivity index (χ4v) is 3.25. The van der Waals surface area contributed by atoms with Crippen molar-refractivity contribution in [2.75, 3.05) is 0 Å². The van der Waals surface area contributed by atoms with Gasteiger partial charge in [0.05, 0.1) is 10.0 Å². The molecule has 4 rings (SSSR count). The molecule has 0 aliphatic carbocycles. The molecule has 0 saturated heterocycles. The Hall–Kier alpha value is -2.03. The van der Waals surface area contributed by atoms with Crippen LogP contribution in [0.4, 0.5) is 0 Å². The number of esters is 1. The Labute approximate surface area is 137 Å². The summed E-state index contributed by atoms with van der Waals surface area (Å²) in [5.74, 6) is -0.152. The third kappa shape index (κ3) is 1.99. The van der Waals surface area contributed by atoms with Crippen LogP contribution in [0.2, 0.25) is 10.0 Å². The highest BCUT2D eigenvalue weighted by Gasteiger charge is 2.36. The molecule has 0 spiro atoms. The van der Waals surface area contributed by atoms with Crippen molar-refractivity contribution in [2.45, 2.75) is 5.92 Å². The van der Waals surface area contributed by atoms with Crippen molar-refractivity contribution >= 4 is 39.9 Å². The number of halogens is 2. The van der Waals surface area contributed by atoms with Gasteiger partial charge in [0, 0.05) is 5.56 Å². The lowest BCUT2D eigenvalue weighted by Gasteiger charge is -2.11. The maximum absolute atomic E-state index is 12.4. The van der Waals surface area contributed by atoms with Gasteiger partial charge in [0.25, 0.3) is 0 Å². The molecule has 3 aromatic rings. The van der Waals surface area contributed by atoms with Crippen LogP contribution < -0.4 is 4.74 Å². The Bertz CT molecular complexity index is 918. The predicted octanol–water partition coefficient (Wildman–Crippen LogP) is 5.20. The van der Waals surface area contributed by atoms with E-state index < -0.39 is 5.92 Å². The second-order valence-electron chi connectivity index (χ2n) is 5.23. The molecule has 1 heterocycles. The molecule has 0 bridgehead atoms. The van der Waals surface area contributed by atoms with Crippen molar-refractivity contribution in [3.63, 3.8) is 0 Å². The highest BCUT2D eigenvalue weighted by atomic mass is 35.5. The predicted molar refractivity (Wildman–Crippen MR) is 87.9 cm³/mol. The first kappa shape index (κ1) is 13.6. The van der Waals surface area contributed by atoms with E-state index in [4.69, 9.17) is 27.9 Å². The van der Waals surface area contributed by atoms with Crippen LogP contribution in [0.1, 0.15) is 17.0 Å². The summed E-state index contributed by atoms with van der Waals surface area (Å²) in [5.41, 5.74) is 1.68. The van der Waals surface area contributed by atoms with Crippen molar-refractivity contribution in [1.82, 2.24) is 0 Å². The molecule has 4 heteroatoms. The summed E-state index contributed by atoms with van der Waals surface area (Å²) < 4.78 is 5.44. The molecule has 22 heavy (non-hydrogen) atoms. The number of rotatable bonds is 1. The number of fused-ring (bicyclic) bond motifs is 3. The molecular weight excluding hydrogens is 319 g/mol. The Morgan fingerprint density at radius 3 is 2.55 bits per heavy atom. The fraction of sp³-hybridized carbons (Fsp3) is 0.0556. The smallest absolute Gasteiger partial charge is 0.323 e. The first-order chi connectivity index (χ1) is 10.6. The Kier molecular flexibility index (Phi) is 3.10. The van der Waals surface area contributed by atoms with Crippen LogP contribution in [-0.4, -0.2) is 5.97 Å². The van der Waals surface area contributed by atoms with Crippen LogP contribution in [-0.2, 0) is 4.79 Å². The summed E-state index contributed by atoms with van der Waals surface area (Å²) in [4.78, 5) is 12.4. The molecule has 0 N–H and O–H groups in total. The number of hydrogen-bond acceptors (Lipinski definition) is 2. The summed E-state index contributed by atoms with van der Waals surface area (Å²) in [6.07, 6.45) is 0. The molecule has 1 atom stereocenters. The number of carbonyl (C=O) groups excluding carboxylic acids is 1. The van der Waals surface area contributed by atoms with E-state index in [0.29, 0.717) is 15.8 Å². The van der Waals surface area contributed by atoms with Crippen LogP contribution in [0.5, 0.6) is 5.75 Å². The number of benzene rings is 3. The van der Waals surface area contributed by atoms with Crippen LogP contribution in [0.25, 0.3) is 10.8 Å². The van der Waals surface area contributed by atoms with Gasteiger partial charge < -0.3 is 4.74 Å². The second kappa shape index (κ2) is 5.01. The van der Waals surface area contributed by atoms with Crippen molar-refractivity contribution in [2.24, 2.45) is 0 Å². The van der Waals surface area contributed by atoms with Crippen molar-refractivity contribution < 1.29 is 9.53 Å². The zero-order chi connectivity index (χ0) is 15.3. The van der Waals surface area contributed by atoms with Crippen LogP contribution in [0, 0.1) is 0 Å². The summed E-state index contributed by atoms with van der Waals surface area (Å²) in [6.45, 7) is 0. The fourth-order valence-electron chi connectivity index (χ4n) is 2.94. The molecule has 1 aliphatic heterocycles. The van der Waals surface area contributed by atoms with Gasteiger partial charge in [-0.3, -0.25) is 4.79 Å². The minimum atomic E-state index is -0.476. The Morgan fingerprint density at radius 1 is 0.909 bits per heavy atom. The second-order valence-corrected chi connectivity index (χ2v) is 6.04. The van der Waals surface area contributed by atoms with Crippen LogP contribution in [0.3, 0.4) is 0 Å². The lowest BCUT2D eigenvalue weighted by atomic mass is 9.89. The van der Waals surface area contributed by atoms with E-state index in [0.717, 1.165) is 21.9 Å². The quantitative estimate of drug-likeness (QED) is 0.453. The van der Waals surface area contributed by atoms with Gasteiger partial charge in [-0.15, -0.1) is 0 Å². The van der Waals surface area contributed by atoms with Gasteiger partial charge in [-0.2, -0.15) is 0 Å². The van der Waals surface area contributed by atoms with Gasteiger partial charge in [-0.05, 0) is 34.5 Å². The summed E-state index contributed by atoms with van der Waals surface area (Å²) >= 11 is 12.1. The lowest BCUT2D eigenvalue weighted by molar-refractivity contribution is -0.133. The summed E-state index contributed by atoms with van der Waals surface area (Å²) in [5, 5.41) is 2.99. The zero-order valence-electron chi connectivity index (χ0n) is 11.3. The maximum atomic E-state index is 12.4. The largest absolute Gasteiger partial charge is 0.425 e. The number of hydrogen-bond donors (Lipinski definition) is 0. The van der Waals surface area contributed by atoms with E-state index in [2.05, 4.69) is 0 Å². The molecule has 2 nitrogen and oxygen atoms in total. The van der Waals surface area contributed by atoms with Crippen molar-refractivity contribution in [1.29, 1.82) is 0 Å². The van der Waals surface area contributed by atoms with Crippen LogP contribution in [0.15, 0.2) is 54.6 Å². The maximum Gasteiger partial charge on any atom is 0.323 e. The number of carbonyl (C=O) groups is 1. The zero-order valence-corrected chi connectivity index (χ0v) is 12.9. The van der Waals surface area contributed by atoms with Crippen molar-refractivity contribution in [3.8, 4) is 5.75 Å². The average molecular weight is 329 g/mol. The highest BCUT2D eigenvalue weighted by molar-refractivity contribution is 6.42. The van der Waals surface area contributed by atoms with E-state index in [-0.39, 0.29) is 5.97 Å². The summed E-state index contributed by atoms with van der Waals surface area (Å²) in [7, 11) is 0. The monoisotopic (exact) mass is 328 g/mol. The van der Waals surface area contributed by atoms with Crippen molar-refractivity contribution in [3.05, 3.63) is 75.8 Å². The SMILES string of the molecule is O=C1Oc2ccc3ccccc3c2C1c1ccc(Cl)c(Cl)c1. The van der Waals surface area contributed by atoms with Crippen LogP contribution >= 0.6 is 23.2 Å². The Balaban J connectivity index is 1.98. The van der Waals surface area contributed by atoms with Gasteiger partial charge in [0.1, 0.15) is 11.7 Å². The third-order valence-corrected chi connectivity index (χ3v) is 4.68. The highest BCUT2D eigenvalue weighted by Crippen LogP contribution is 2.44. The number of ether oxygens (including phenoxy) is 1. The van der Waals surface area contributed by atoms with E-state index in [1.165, 1.54) is 0 Å². The molecule has 0 aromatic heterocycles. The molecule has 0 radical (unpaired) electrons. The van der Waals surface area contributed by atoms with E-state index >= 15 is 0 Å². The van der Waals surface area contributed by atoms with Gasteiger partial charge in [-0.25, -0.2) is 0 Å². The molecule has 1 aliphatic rings. The first-order valence-electron chi connectivity index (χ1n) is 6.83. The van der Waals surface area contributed by atoms with Gasteiger partial charge in [-0.1, -0.05) is 59.6 Å². The summed E-state index contributed by atoms with van der Waals surface area (Å²) in [6, 6.07) is 17.0. The first-order valence-corrected chi connectivity index (χ1v) is 7.59. The van der Waals surface area contributed by atoms with Gasteiger partial charge in [0.15, 0.2) is 0 Å². The normalized spacial score (nSPS) is 16.6. The van der Waals surface area contributed by atoms with E-state index in [9.17, 15) is 4.79 Å². The van der Waals surface area contributed by atoms with E-state index in [1.807, 2.05) is 42.5 Å². The molecular formula is C18H10Cl2O2. The molecule has 0 saturated carbocycles. The van der Waals surface area contributed by atoms with Gasteiger partial charge in [0.2, 0.25) is 0 Å². The molecule has 108 valence electrons. The lowest BCUT2D eigenvalue weighted by Crippen LogP contribution is -2.11.